The van der Waals surface area contributed by atoms with Crippen molar-refractivity contribution in [3.63, 3.8) is 0 Å². The topological polar surface area (TPSA) is 154 Å². The van der Waals surface area contributed by atoms with Gasteiger partial charge >= 0.3 is 16.3 Å². The third kappa shape index (κ3) is 7.84. The minimum absolute atomic E-state index is 0.00292. The number of amides is 4. The van der Waals surface area contributed by atoms with Crippen LogP contribution in [0.25, 0.3) is 0 Å². The second-order valence-corrected chi connectivity index (χ2v) is 13.5. The molecule has 40 heavy (non-hydrogen) atoms. The van der Waals surface area contributed by atoms with Crippen molar-refractivity contribution in [3.8, 4) is 0 Å². The average Bonchev–Trinajstić information content (AvgIpc) is 3.30. The highest BCUT2D eigenvalue weighted by molar-refractivity contribution is 7.87. The Morgan fingerprint density at radius 3 is 2.62 bits per heavy atom. The van der Waals surface area contributed by atoms with Crippen molar-refractivity contribution in [2.24, 2.45) is 5.92 Å². The molecule has 1 saturated heterocycles. The minimum Gasteiger partial charge on any atom is -0.444 e. The molecule has 13 heteroatoms. The number of nitrogens with one attached hydrogen (secondary N) is 3. The number of carbonyl (C=O) groups excluding carboxylic acids is 4. The second kappa shape index (κ2) is 12.7. The molecule has 0 bridgehead atoms. The molecule has 0 aromatic carbocycles. The first-order valence-corrected chi connectivity index (χ1v) is 15.3. The lowest BCUT2D eigenvalue weighted by Crippen LogP contribution is -2.59. The third-order valence-corrected chi connectivity index (χ3v) is 8.76. The largest absolute Gasteiger partial charge is 0.444 e. The Labute approximate surface area is 237 Å². The van der Waals surface area contributed by atoms with Gasteiger partial charge in [-0.1, -0.05) is 31.1 Å². The van der Waals surface area contributed by atoms with Gasteiger partial charge in [0.25, 0.3) is 5.91 Å². The first-order valence-electron chi connectivity index (χ1n) is 13.9. The van der Waals surface area contributed by atoms with Gasteiger partial charge in [0.05, 0.1) is 0 Å². The number of fused-ring (bicyclic) bond motifs is 2. The molecule has 4 atom stereocenters. The highest BCUT2D eigenvalue weighted by Gasteiger charge is 2.61. The Kier molecular flexibility index (Phi) is 10.0. The smallest absolute Gasteiger partial charge is 0.408 e. The first-order chi connectivity index (χ1) is 18.7. The summed E-state index contributed by atoms with van der Waals surface area (Å²) in [5.41, 5.74) is -2.18. The SMILES string of the molecule is C=CCN(C)S(=O)(=O)NC(=O)[C@@]12C[C@H]1C=CCCCCC[C@H](NC(=O)OC(C)(C)C)C(=O)N1CCC[C@H]1C(=O)N2. The van der Waals surface area contributed by atoms with Gasteiger partial charge in [-0.15, -0.1) is 6.58 Å². The van der Waals surface area contributed by atoms with Crippen LogP contribution in [-0.4, -0.2) is 84.8 Å². The van der Waals surface area contributed by atoms with Crippen LogP contribution in [0.4, 0.5) is 4.79 Å². The van der Waals surface area contributed by atoms with E-state index in [1.807, 2.05) is 12.2 Å². The van der Waals surface area contributed by atoms with Crippen molar-refractivity contribution in [1.29, 1.82) is 0 Å². The molecule has 4 amide bonds. The molecule has 0 radical (unpaired) electrons. The lowest BCUT2D eigenvalue weighted by atomic mass is 10.0. The highest BCUT2D eigenvalue weighted by atomic mass is 32.2. The molecule has 1 aliphatic carbocycles. The maximum absolute atomic E-state index is 13.6. The molecular formula is C27H43N5O7S. The molecular weight excluding hydrogens is 538 g/mol. The predicted octanol–water partition coefficient (Wildman–Crippen LogP) is 1.74. The summed E-state index contributed by atoms with van der Waals surface area (Å²) in [5.74, 6) is -2.11. The van der Waals surface area contributed by atoms with E-state index in [1.165, 1.54) is 18.0 Å². The molecule has 2 fully saturated rings. The van der Waals surface area contributed by atoms with Crippen LogP contribution in [0.3, 0.4) is 0 Å². The maximum Gasteiger partial charge on any atom is 0.408 e. The standard InChI is InChI=1S/C27H43N5O7S/c1-6-16-31(5)40(37,38)30-24(35)27-18-19(27)13-10-8-7-9-11-14-20(28-25(36)39-26(2,3)4)23(34)32-17-12-15-21(32)22(33)29-27/h6,10,13,19-21H,1,7-9,11-12,14-18H2,2-5H3,(H,28,36)(H,29,33)(H,30,35)/t19-,20+,21+,27-/m1/s1. The molecule has 2 heterocycles. The molecule has 12 nitrogen and oxygen atoms in total. The predicted molar refractivity (Wildman–Crippen MR) is 149 cm³/mol. The number of carbonyl (C=O) groups is 4. The Bertz CT molecular complexity index is 1130. The quantitative estimate of drug-likeness (QED) is 0.404. The van der Waals surface area contributed by atoms with Crippen LogP contribution in [-0.2, 0) is 29.3 Å². The summed E-state index contributed by atoms with van der Waals surface area (Å²) in [6, 6.07) is -1.71. The summed E-state index contributed by atoms with van der Waals surface area (Å²) in [6.07, 6.45) is 9.14. The van der Waals surface area contributed by atoms with Crippen molar-refractivity contribution < 1.29 is 32.3 Å². The number of likely N-dealkylation sites (N-methyl/N-ethyl adjacent to an activating group) is 1. The van der Waals surface area contributed by atoms with Crippen molar-refractivity contribution >= 4 is 34.0 Å². The molecule has 0 unspecified atom stereocenters. The van der Waals surface area contributed by atoms with Crippen LogP contribution >= 0.6 is 0 Å². The van der Waals surface area contributed by atoms with Gasteiger partial charge in [0.1, 0.15) is 23.2 Å². The molecule has 0 aromatic heterocycles. The van der Waals surface area contributed by atoms with E-state index in [0.717, 1.165) is 23.6 Å². The van der Waals surface area contributed by atoms with Gasteiger partial charge in [0.15, 0.2) is 0 Å². The van der Waals surface area contributed by atoms with E-state index in [2.05, 4.69) is 21.9 Å². The van der Waals surface area contributed by atoms with E-state index in [4.69, 9.17) is 4.74 Å². The van der Waals surface area contributed by atoms with E-state index >= 15 is 0 Å². The summed E-state index contributed by atoms with van der Waals surface area (Å²) in [6.45, 7) is 9.06. The lowest BCUT2D eigenvalue weighted by molar-refractivity contribution is -0.141. The molecule has 3 aliphatic rings. The normalized spacial score (nSPS) is 27.9. The zero-order chi connectivity index (χ0) is 29.7. The molecule has 2 aliphatic heterocycles. The van der Waals surface area contributed by atoms with Crippen molar-refractivity contribution in [3.05, 3.63) is 24.8 Å². The van der Waals surface area contributed by atoms with Gasteiger partial charge in [0, 0.05) is 26.1 Å². The van der Waals surface area contributed by atoms with Crippen LogP contribution in [0.2, 0.25) is 0 Å². The van der Waals surface area contributed by atoms with E-state index in [0.29, 0.717) is 32.2 Å². The van der Waals surface area contributed by atoms with Gasteiger partial charge in [-0.2, -0.15) is 12.7 Å². The number of allylic oxidation sites excluding steroid dienone is 1. The summed E-state index contributed by atoms with van der Waals surface area (Å²) in [4.78, 5) is 54.5. The highest BCUT2D eigenvalue weighted by Crippen LogP contribution is 2.45. The Morgan fingerprint density at radius 1 is 1.23 bits per heavy atom. The fraction of sp³-hybridized carbons (Fsp3) is 0.704. The summed E-state index contributed by atoms with van der Waals surface area (Å²) in [5, 5.41) is 5.49. The van der Waals surface area contributed by atoms with Crippen molar-refractivity contribution in [2.75, 3.05) is 20.1 Å². The Balaban J connectivity index is 1.84. The van der Waals surface area contributed by atoms with Gasteiger partial charge in [-0.05, 0) is 59.3 Å². The van der Waals surface area contributed by atoms with Gasteiger partial charge in [-0.3, -0.25) is 14.4 Å². The van der Waals surface area contributed by atoms with Crippen LogP contribution in [0.5, 0.6) is 0 Å². The van der Waals surface area contributed by atoms with Gasteiger partial charge < -0.3 is 20.3 Å². The number of alkyl carbamates (subject to hydrolysis) is 1. The molecule has 0 spiro atoms. The van der Waals surface area contributed by atoms with Gasteiger partial charge in [-0.25, -0.2) is 9.52 Å². The van der Waals surface area contributed by atoms with E-state index < -0.39 is 51.3 Å². The molecule has 1 saturated carbocycles. The van der Waals surface area contributed by atoms with E-state index in [9.17, 15) is 27.6 Å². The third-order valence-electron chi connectivity index (χ3n) is 7.34. The molecule has 3 rings (SSSR count). The molecule has 3 N–H and O–H groups in total. The number of hydrogen-bond acceptors (Lipinski definition) is 7. The van der Waals surface area contributed by atoms with Crippen LogP contribution in [0, 0.1) is 5.92 Å². The Morgan fingerprint density at radius 2 is 1.95 bits per heavy atom. The average molecular weight is 582 g/mol. The van der Waals surface area contributed by atoms with Crippen LogP contribution < -0.4 is 15.4 Å². The monoisotopic (exact) mass is 581 g/mol. The van der Waals surface area contributed by atoms with Crippen molar-refractivity contribution in [2.45, 2.75) is 95.4 Å². The second-order valence-electron chi connectivity index (χ2n) is 11.7. The number of ether oxygens (including phenoxy) is 1. The summed E-state index contributed by atoms with van der Waals surface area (Å²) < 4.78 is 33.7. The first kappa shape index (κ1) is 31.6. The fourth-order valence-electron chi connectivity index (χ4n) is 5.11. The zero-order valence-corrected chi connectivity index (χ0v) is 24.7. The maximum atomic E-state index is 13.6. The zero-order valence-electron chi connectivity index (χ0n) is 23.9. The summed E-state index contributed by atoms with van der Waals surface area (Å²) in [7, 11) is -2.84. The van der Waals surface area contributed by atoms with Crippen LogP contribution in [0.15, 0.2) is 24.8 Å². The fourth-order valence-corrected chi connectivity index (χ4v) is 5.98. The van der Waals surface area contributed by atoms with Crippen LogP contribution in [0.1, 0.15) is 72.1 Å². The van der Waals surface area contributed by atoms with E-state index in [-0.39, 0.29) is 24.8 Å². The molecule has 224 valence electrons. The number of nitrogens with zero attached hydrogens (tertiary/aromatic N) is 2. The van der Waals surface area contributed by atoms with E-state index in [1.54, 1.807) is 20.8 Å². The number of rotatable bonds is 6. The Hall–Kier alpha value is -2.93. The number of hydrogen-bond donors (Lipinski definition) is 3. The minimum atomic E-state index is -4.15. The molecule has 0 aromatic rings. The summed E-state index contributed by atoms with van der Waals surface area (Å²) >= 11 is 0. The van der Waals surface area contributed by atoms with Gasteiger partial charge in [0.2, 0.25) is 11.8 Å². The van der Waals surface area contributed by atoms with Crippen molar-refractivity contribution in [1.82, 2.24) is 24.6 Å². The lowest BCUT2D eigenvalue weighted by Gasteiger charge is -2.30.